The molecule has 0 aliphatic carbocycles. The molecule has 1 aliphatic rings. The number of hydrogen-bond acceptors (Lipinski definition) is 4. The normalized spacial score (nSPS) is 19.6. The van der Waals surface area contributed by atoms with E-state index in [4.69, 9.17) is 14.6 Å². The van der Waals surface area contributed by atoms with Gasteiger partial charge in [-0.05, 0) is 30.5 Å². The van der Waals surface area contributed by atoms with Crippen LogP contribution in [-0.4, -0.2) is 54.9 Å². The summed E-state index contributed by atoms with van der Waals surface area (Å²) in [4.78, 5) is 24.2. The summed E-state index contributed by atoms with van der Waals surface area (Å²) in [5.74, 6) is -2.07. The van der Waals surface area contributed by atoms with Crippen LogP contribution in [0.1, 0.15) is 12.0 Å². The molecule has 6 nitrogen and oxygen atoms in total. The number of carboxylic acid groups (broad SMARTS) is 1. The maximum atomic E-state index is 13.2. The van der Waals surface area contributed by atoms with Gasteiger partial charge in [0, 0.05) is 13.1 Å². The van der Waals surface area contributed by atoms with Gasteiger partial charge in [0.05, 0.1) is 7.11 Å². The molecule has 0 saturated carbocycles. The Balaban J connectivity index is 2.05. The molecule has 1 aliphatic heterocycles. The molecular formula is C18H20F3NO5. The minimum Gasteiger partial charge on any atom is -0.493 e. The van der Waals surface area contributed by atoms with Crippen LogP contribution in [0.25, 0.3) is 0 Å². The second-order valence-corrected chi connectivity index (χ2v) is 6.22. The van der Waals surface area contributed by atoms with Crippen LogP contribution in [0.2, 0.25) is 0 Å². The first-order valence-electron chi connectivity index (χ1n) is 8.13. The number of carbonyl (C=O) groups is 2. The highest BCUT2D eigenvalue weighted by Gasteiger charge is 2.64. The molecule has 1 aromatic rings. The maximum absolute atomic E-state index is 13.2. The topological polar surface area (TPSA) is 76.1 Å². The lowest BCUT2D eigenvalue weighted by Crippen LogP contribution is -2.48. The highest BCUT2D eigenvalue weighted by Crippen LogP contribution is 2.45. The predicted molar refractivity (Wildman–Crippen MR) is 89.7 cm³/mol. The monoisotopic (exact) mass is 387 g/mol. The number of ether oxygens (including phenoxy) is 2. The van der Waals surface area contributed by atoms with Crippen molar-refractivity contribution in [1.82, 2.24) is 4.90 Å². The zero-order valence-corrected chi connectivity index (χ0v) is 14.7. The molecule has 0 spiro atoms. The van der Waals surface area contributed by atoms with E-state index in [-0.39, 0.29) is 12.3 Å². The van der Waals surface area contributed by atoms with Crippen molar-refractivity contribution in [2.45, 2.75) is 19.0 Å². The van der Waals surface area contributed by atoms with Crippen LogP contribution >= 0.6 is 0 Å². The first-order chi connectivity index (χ1) is 12.6. The summed E-state index contributed by atoms with van der Waals surface area (Å²) in [6.07, 6.45) is -3.31. The van der Waals surface area contributed by atoms with E-state index in [0.717, 1.165) is 10.5 Å². The average molecular weight is 387 g/mol. The summed E-state index contributed by atoms with van der Waals surface area (Å²) >= 11 is 0. The first kappa shape index (κ1) is 20.6. The Morgan fingerprint density at radius 1 is 1.37 bits per heavy atom. The molecule has 1 aromatic carbocycles. The molecular weight excluding hydrogens is 367 g/mol. The number of rotatable bonds is 7. The van der Waals surface area contributed by atoms with Gasteiger partial charge in [-0.3, -0.25) is 9.59 Å². The van der Waals surface area contributed by atoms with E-state index in [1.807, 2.05) is 0 Å². The van der Waals surface area contributed by atoms with Gasteiger partial charge in [0.15, 0.2) is 23.5 Å². The van der Waals surface area contributed by atoms with Crippen molar-refractivity contribution < 1.29 is 37.3 Å². The summed E-state index contributed by atoms with van der Waals surface area (Å²) < 4.78 is 50.1. The average Bonchev–Trinajstić information content (AvgIpc) is 3.07. The zero-order valence-electron chi connectivity index (χ0n) is 14.7. The number of allylic oxidation sites excluding steroid dienone is 1. The number of aliphatic carboxylic acids is 1. The molecule has 1 amide bonds. The molecule has 0 aromatic heterocycles. The highest BCUT2D eigenvalue weighted by molar-refractivity contribution is 5.82. The van der Waals surface area contributed by atoms with Crippen molar-refractivity contribution in [1.29, 1.82) is 0 Å². The van der Waals surface area contributed by atoms with Crippen molar-refractivity contribution in [2.24, 2.45) is 5.41 Å². The van der Waals surface area contributed by atoms with Gasteiger partial charge >= 0.3 is 12.1 Å². The van der Waals surface area contributed by atoms with Crippen molar-refractivity contribution >= 4 is 11.9 Å². The highest BCUT2D eigenvalue weighted by atomic mass is 19.4. The second-order valence-electron chi connectivity index (χ2n) is 6.22. The third-order valence-corrected chi connectivity index (χ3v) is 4.53. The quantitative estimate of drug-likeness (QED) is 0.728. The summed E-state index contributed by atoms with van der Waals surface area (Å²) in [5, 5.41) is 9.03. The fraction of sp³-hybridized carbons (Fsp3) is 0.444. The Kier molecular flexibility index (Phi) is 6.02. The molecule has 2 rings (SSSR count). The number of hydrogen-bond donors (Lipinski definition) is 1. The minimum absolute atomic E-state index is 0.262. The van der Waals surface area contributed by atoms with E-state index in [9.17, 15) is 22.8 Å². The summed E-state index contributed by atoms with van der Waals surface area (Å²) in [6.45, 7) is 1.88. The van der Waals surface area contributed by atoms with E-state index in [2.05, 4.69) is 6.58 Å². The first-order valence-corrected chi connectivity index (χ1v) is 8.13. The number of benzene rings is 1. The van der Waals surface area contributed by atoms with Gasteiger partial charge in [-0.1, -0.05) is 12.1 Å². The smallest absolute Gasteiger partial charge is 0.406 e. The van der Waals surface area contributed by atoms with E-state index in [0.29, 0.717) is 12.2 Å². The summed E-state index contributed by atoms with van der Waals surface area (Å²) in [5.41, 5.74) is -2.02. The van der Waals surface area contributed by atoms with Gasteiger partial charge < -0.3 is 19.5 Å². The summed E-state index contributed by atoms with van der Waals surface area (Å²) in [6, 6.07) is 5.04. The Morgan fingerprint density at radius 3 is 2.59 bits per heavy atom. The van der Waals surface area contributed by atoms with E-state index < -0.39 is 43.0 Å². The largest absolute Gasteiger partial charge is 0.493 e. The molecule has 1 unspecified atom stereocenters. The van der Waals surface area contributed by atoms with Crippen molar-refractivity contribution in [2.75, 3.05) is 26.8 Å². The maximum Gasteiger partial charge on any atom is 0.406 e. The lowest BCUT2D eigenvalue weighted by atomic mass is 9.86. The van der Waals surface area contributed by atoms with Gasteiger partial charge in [0.2, 0.25) is 0 Å². The van der Waals surface area contributed by atoms with Crippen LogP contribution < -0.4 is 9.47 Å². The zero-order chi connectivity index (χ0) is 20.2. The number of likely N-dealkylation sites (tertiary alicyclic amines) is 1. The minimum atomic E-state index is -4.95. The van der Waals surface area contributed by atoms with E-state index in [1.165, 1.54) is 7.11 Å². The van der Waals surface area contributed by atoms with Gasteiger partial charge in [-0.25, -0.2) is 0 Å². The van der Waals surface area contributed by atoms with E-state index >= 15 is 0 Å². The third kappa shape index (κ3) is 4.17. The number of carboxylic acids is 1. The van der Waals surface area contributed by atoms with Crippen molar-refractivity contribution in [3.05, 3.63) is 36.4 Å². The number of nitrogens with zero attached hydrogens (tertiary/aromatic N) is 1. The Hall–Kier alpha value is -2.71. The van der Waals surface area contributed by atoms with Gasteiger partial charge in [-0.2, -0.15) is 13.2 Å². The van der Waals surface area contributed by atoms with Crippen LogP contribution in [0, 0.1) is 5.41 Å². The van der Waals surface area contributed by atoms with Crippen molar-refractivity contribution in [3.8, 4) is 11.5 Å². The number of alkyl halides is 3. The number of amides is 1. The molecule has 1 saturated heterocycles. The molecule has 1 atom stereocenters. The number of methoxy groups -OCH3 is 1. The Morgan fingerprint density at radius 2 is 2.07 bits per heavy atom. The molecule has 9 heteroatoms. The molecule has 0 radical (unpaired) electrons. The lowest BCUT2D eigenvalue weighted by molar-refractivity contribution is -0.227. The molecule has 1 fully saturated rings. The molecule has 1 heterocycles. The fourth-order valence-electron chi connectivity index (χ4n) is 2.91. The standard InChI is InChI=1S/C18H20F3NO5/c1-3-4-12-5-6-13(14(9-12)26-2)27-10-15(23)22-8-7-17(11-22,16(24)25)18(19,20)21/h3,5-6,9H,1,4,7-8,10-11H2,2H3,(H,24,25). The SMILES string of the molecule is C=CCc1ccc(OCC(=O)N2CCC(C(=O)O)(C(F)(F)F)C2)c(OC)c1. The van der Waals surface area contributed by atoms with E-state index in [1.54, 1.807) is 24.3 Å². The second kappa shape index (κ2) is 7.89. The van der Waals surface area contributed by atoms with Crippen molar-refractivity contribution in [3.63, 3.8) is 0 Å². The predicted octanol–water partition coefficient (Wildman–Crippen LogP) is 2.67. The van der Waals surface area contributed by atoms with Crippen LogP contribution in [0.4, 0.5) is 13.2 Å². The van der Waals surface area contributed by atoms with Crippen LogP contribution in [0.5, 0.6) is 11.5 Å². The van der Waals surface area contributed by atoms with Crippen LogP contribution in [0.3, 0.4) is 0 Å². The van der Waals surface area contributed by atoms with Crippen LogP contribution in [0.15, 0.2) is 30.9 Å². The summed E-state index contributed by atoms with van der Waals surface area (Å²) in [7, 11) is 1.42. The van der Waals surface area contributed by atoms with Gasteiger partial charge in [0.1, 0.15) is 0 Å². The number of halogens is 3. The molecule has 0 bridgehead atoms. The molecule has 27 heavy (non-hydrogen) atoms. The Bertz CT molecular complexity index is 734. The van der Waals surface area contributed by atoms with Gasteiger partial charge in [-0.15, -0.1) is 6.58 Å². The van der Waals surface area contributed by atoms with Gasteiger partial charge in [0.25, 0.3) is 5.91 Å². The molecule has 148 valence electrons. The fourth-order valence-corrected chi connectivity index (χ4v) is 2.91. The number of carbonyl (C=O) groups excluding carboxylic acids is 1. The third-order valence-electron chi connectivity index (χ3n) is 4.53. The van der Waals surface area contributed by atoms with Crippen LogP contribution in [-0.2, 0) is 16.0 Å². The Labute approximate surface area is 154 Å². The lowest BCUT2D eigenvalue weighted by Gasteiger charge is -2.27. The molecule has 1 N–H and O–H groups in total.